The number of fused-ring (bicyclic) bond motifs is 1. The fourth-order valence-electron chi connectivity index (χ4n) is 3.94. The third kappa shape index (κ3) is 2.51. The van der Waals surface area contributed by atoms with Gasteiger partial charge in [0, 0.05) is 24.5 Å². The summed E-state index contributed by atoms with van der Waals surface area (Å²) >= 11 is 1.53. The molecule has 21 heavy (non-hydrogen) atoms. The fraction of sp³-hybridized carbons (Fsp3) is 0.688. The van der Waals surface area contributed by atoms with Crippen molar-refractivity contribution >= 4 is 17.2 Å². The highest BCUT2D eigenvalue weighted by atomic mass is 32.1. The van der Waals surface area contributed by atoms with E-state index in [0.717, 1.165) is 49.3 Å². The van der Waals surface area contributed by atoms with E-state index in [4.69, 9.17) is 0 Å². The van der Waals surface area contributed by atoms with Crippen molar-refractivity contribution in [3.8, 4) is 0 Å². The zero-order chi connectivity index (χ0) is 15.0. The SMILES string of the molecule is Cc1ccsc1C(=O)N1CC[C@@]2(CO)CCCN(C)[C@@H]2C1. The molecule has 2 saturated heterocycles. The second-order valence-corrected chi connectivity index (χ2v) is 7.47. The van der Waals surface area contributed by atoms with Gasteiger partial charge in [-0.25, -0.2) is 0 Å². The van der Waals surface area contributed by atoms with Gasteiger partial charge in [0.05, 0.1) is 11.5 Å². The van der Waals surface area contributed by atoms with E-state index >= 15 is 0 Å². The van der Waals surface area contributed by atoms with Crippen molar-refractivity contribution in [2.24, 2.45) is 5.41 Å². The van der Waals surface area contributed by atoms with Gasteiger partial charge < -0.3 is 14.9 Å². The van der Waals surface area contributed by atoms with E-state index in [0.29, 0.717) is 0 Å². The predicted octanol–water partition coefficient (Wildman–Crippen LogP) is 1.98. The monoisotopic (exact) mass is 308 g/mol. The molecule has 2 aliphatic heterocycles. The molecule has 0 radical (unpaired) electrons. The van der Waals surface area contributed by atoms with Crippen LogP contribution in [0.3, 0.4) is 0 Å². The van der Waals surface area contributed by atoms with Gasteiger partial charge in [-0.15, -0.1) is 11.3 Å². The van der Waals surface area contributed by atoms with Gasteiger partial charge in [0.2, 0.25) is 0 Å². The second kappa shape index (κ2) is 5.71. The van der Waals surface area contributed by atoms with Crippen molar-refractivity contribution in [3.63, 3.8) is 0 Å². The molecule has 3 rings (SSSR count). The molecule has 0 saturated carbocycles. The van der Waals surface area contributed by atoms with Crippen LogP contribution in [0.1, 0.15) is 34.5 Å². The van der Waals surface area contributed by atoms with Crippen LogP contribution in [0, 0.1) is 12.3 Å². The lowest BCUT2D eigenvalue weighted by Crippen LogP contribution is -2.62. The highest BCUT2D eigenvalue weighted by Gasteiger charge is 2.47. The first-order chi connectivity index (χ1) is 10.1. The Bertz CT molecular complexity index is 530. The number of nitrogens with zero attached hydrogens (tertiary/aromatic N) is 2. The van der Waals surface area contributed by atoms with Gasteiger partial charge in [0.1, 0.15) is 0 Å². The van der Waals surface area contributed by atoms with Crippen molar-refractivity contribution < 1.29 is 9.90 Å². The molecule has 0 aliphatic carbocycles. The minimum absolute atomic E-state index is 0.00568. The molecule has 5 heteroatoms. The molecule has 1 amide bonds. The Morgan fingerprint density at radius 1 is 1.48 bits per heavy atom. The van der Waals surface area contributed by atoms with Crippen molar-refractivity contribution in [1.29, 1.82) is 0 Å². The van der Waals surface area contributed by atoms with Gasteiger partial charge in [-0.3, -0.25) is 4.79 Å². The smallest absolute Gasteiger partial charge is 0.264 e. The maximum atomic E-state index is 12.7. The average molecular weight is 308 g/mol. The highest BCUT2D eigenvalue weighted by molar-refractivity contribution is 7.12. The maximum Gasteiger partial charge on any atom is 0.264 e. The lowest BCUT2D eigenvalue weighted by molar-refractivity contribution is -0.0600. The quantitative estimate of drug-likeness (QED) is 0.908. The first kappa shape index (κ1) is 15.0. The zero-order valence-corrected chi connectivity index (χ0v) is 13.7. The molecule has 1 N–H and O–H groups in total. The summed E-state index contributed by atoms with van der Waals surface area (Å²) in [4.78, 5) is 17.9. The molecule has 1 aromatic heterocycles. The topological polar surface area (TPSA) is 43.8 Å². The van der Waals surface area contributed by atoms with Crippen LogP contribution in [0.2, 0.25) is 0 Å². The van der Waals surface area contributed by atoms with Gasteiger partial charge in [-0.1, -0.05) is 0 Å². The summed E-state index contributed by atoms with van der Waals surface area (Å²) in [5, 5.41) is 11.9. The van der Waals surface area contributed by atoms with Crippen LogP contribution in [0.25, 0.3) is 0 Å². The van der Waals surface area contributed by atoms with E-state index < -0.39 is 0 Å². The number of aryl methyl sites for hydroxylation is 1. The van der Waals surface area contributed by atoms with Crippen molar-refractivity contribution in [3.05, 3.63) is 21.9 Å². The molecular weight excluding hydrogens is 284 g/mol. The number of thiophene rings is 1. The molecule has 3 heterocycles. The van der Waals surface area contributed by atoms with Crippen LogP contribution in [0.5, 0.6) is 0 Å². The molecule has 4 nitrogen and oxygen atoms in total. The van der Waals surface area contributed by atoms with Gasteiger partial charge in [0.15, 0.2) is 0 Å². The van der Waals surface area contributed by atoms with Crippen LogP contribution in [0.15, 0.2) is 11.4 Å². The standard InChI is InChI=1S/C16H24N2O2S/c1-12-4-9-21-14(12)15(20)18-8-6-16(11-19)5-3-7-17(2)13(16)10-18/h4,9,13,19H,3,5-8,10-11H2,1-2H3/t13-,16-/m1/s1. The third-order valence-electron chi connectivity index (χ3n) is 5.36. The minimum Gasteiger partial charge on any atom is -0.396 e. The number of amides is 1. The Morgan fingerprint density at radius 3 is 2.95 bits per heavy atom. The molecule has 116 valence electrons. The molecule has 0 aromatic carbocycles. The van der Waals surface area contributed by atoms with Gasteiger partial charge >= 0.3 is 0 Å². The van der Waals surface area contributed by atoms with Crippen LogP contribution >= 0.6 is 11.3 Å². The van der Waals surface area contributed by atoms with Crippen LogP contribution in [-0.4, -0.2) is 60.1 Å². The molecule has 2 aliphatic rings. The minimum atomic E-state index is -0.00568. The average Bonchev–Trinajstić information content (AvgIpc) is 2.92. The Hall–Kier alpha value is -0.910. The zero-order valence-electron chi connectivity index (χ0n) is 12.8. The number of aliphatic hydroxyl groups excluding tert-OH is 1. The molecule has 0 spiro atoms. The number of rotatable bonds is 2. The van der Waals surface area contributed by atoms with Crippen LogP contribution in [0.4, 0.5) is 0 Å². The largest absolute Gasteiger partial charge is 0.396 e. The van der Waals surface area contributed by atoms with Crippen LogP contribution < -0.4 is 0 Å². The summed E-state index contributed by atoms with van der Waals surface area (Å²) < 4.78 is 0. The first-order valence-corrected chi connectivity index (χ1v) is 8.60. The van der Waals surface area contributed by atoms with E-state index in [-0.39, 0.29) is 24.0 Å². The Morgan fingerprint density at radius 2 is 2.29 bits per heavy atom. The maximum absolute atomic E-state index is 12.7. The summed E-state index contributed by atoms with van der Waals surface area (Å²) in [6.45, 7) is 4.81. The second-order valence-electron chi connectivity index (χ2n) is 6.55. The van der Waals surface area contributed by atoms with Crippen molar-refractivity contribution in [2.45, 2.75) is 32.2 Å². The Balaban J connectivity index is 1.80. The number of piperidine rings is 2. The molecule has 2 fully saturated rings. The number of carbonyl (C=O) groups excluding carboxylic acids is 1. The summed E-state index contributed by atoms with van der Waals surface area (Å²) in [5.41, 5.74) is 1.06. The summed E-state index contributed by atoms with van der Waals surface area (Å²) in [6.07, 6.45) is 3.14. The van der Waals surface area contributed by atoms with Gasteiger partial charge in [-0.2, -0.15) is 0 Å². The Labute approximate surface area is 130 Å². The lowest BCUT2D eigenvalue weighted by atomic mass is 9.69. The van der Waals surface area contributed by atoms with E-state index in [1.54, 1.807) is 0 Å². The molecule has 1 aromatic rings. The first-order valence-electron chi connectivity index (χ1n) is 7.72. The lowest BCUT2D eigenvalue weighted by Gasteiger charge is -2.53. The number of carbonyl (C=O) groups is 1. The summed E-state index contributed by atoms with van der Waals surface area (Å²) in [5.74, 6) is 0.160. The van der Waals surface area contributed by atoms with E-state index in [1.807, 2.05) is 23.3 Å². The summed E-state index contributed by atoms with van der Waals surface area (Å²) in [6, 6.07) is 2.29. The van der Waals surface area contributed by atoms with Gasteiger partial charge in [-0.05, 0) is 56.8 Å². The molecule has 2 atom stereocenters. The third-order valence-corrected chi connectivity index (χ3v) is 6.36. The normalized spacial score (nSPS) is 30.2. The molecule has 0 bridgehead atoms. The predicted molar refractivity (Wildman–Crippen MR) is 84.7 cm³/mol. The number of hydrogen-bond acceptors (Lipinski definition) is 4. The number of likely N-dealkylation sites (N-methyl/N-ethyl adjacent to an activating group) is 1. The Kier molecular flexibility index (Phi) is 4.08. The number of likely N-dealkylation sites (tertiary alicyclic amines) is 2. The number of hydrogen-bond donors (Lipinski definition) is 1. The van der Waals surface area contributed by atoms with Crippen LogP contribution in [-0.2, 0) is 0 Å². The van der Waals surface area contributed by atoms with E-state index in [1.165, 1.54) is 11.3 Å². The highest BCUT2D eigenvalue weighted by Crippen LogP contribution is 2.41. The van der Waals surface area contributed by atoms with E-state index in [2.05, 4.69) is 11.9 Å². The van der Waals surface area contributed by atoms with E-state index in [9.17, 15) is 9.90 Å². The number of aliphatic hydroxyl groups is 1. The van der Waals surface area contributed by atoms with Gasteiger partial charge in [0.25, 0.3) is 5.91 Å². The van der Waals surface area contributed by atoms with Crippen molar-refractivity contribution in [1.82, 2.24) is 9.80 Å². The summed E-state index contributed by atoms with van der Waals surface area (Å²) in [7, 11) is 2.12. The molecule has 0 unspecified atom stereocenters. The van der Waals surface area contributed by atoms with Crippen molar-refractivity contribution in [2.75, 3.05) is 33.3 Å². The fourth-order valence-corrected chi connectivity index (χ4v) is 4.83. The molecular formula is C16H24N2O2S.